The van der Waals surface area contributed by atoms with E-state index in [-0.39, 0.29) is 5.92 Å². The van der Waals surface area contributed by atoms with Gasteiger partial charge in [-0.25, -0.2) is 9.59 Å². The van der Waals surface area contributed by atoms with Crippen molar-refractivity contribution in [3.8, 4) is 0 Å². The van der Waals surface area contributed by atoms with Crippen molar-refractivity contribution >= 4 is 12.1 Å². The Morgan fingerprint density at radius 3 is 2.33 bits per heavy atom. The van der Waals surface area contributed by atoms with Crippen LogP contribution in [0.1, 0.15) is 19.3 Å². The number of nitrogens with zero attached hydrogens (tertiary/aromatic N) is 1. The predicted octanol–water partition coefficient (Wildman–Crippen LogP) is -0.0372. The topological polar surface area (TPSA) is 98.1 Å². The van der Waals surface area contributed by atoms with E-state index in [1.165, 1.54) is 0 Å². The normalized spacial score (nSPS) is 39.1. The van der Waals surface area contributed by atoms with Gasteiger partial charge in [0.1, 0.15) is 6.04 Å². The number of aliphatic hydroxyl groups is 1. The second-order valence-corrected chi connectivity index (χ2v) is 4.18. The molecule has 1 saturated carbocycles. The zero-order chi connectivity index (χ0) is 11.2. The number of piperidine rings is 2. The Morgan fingerprint density at radius 2 is 1.87 bits per heavy atom. The highest BCUT2D eigenvalue weighted by atomic mass is 16.4. The van der Waals surface area contributed by atoms with E-state index in [1.54, 1.807) is 0 Å². The number of hydrogen-bond donors (Lipinski definition) is 3. The molecule has 0 radical (unpaired) electrons. The molecule has 4 atom stereocenters. The largest absolute Gasteiger partial charge is 0.480 e. The minimum Gasteiger partial charge on any atom is -0.480 e. The molecule has 15 heavy (non-hydrogen) atoms. The fraction of sp³-hybridized carbons (Fsp3) is 0.778. The molecule has 3 rings (SSSR count). The minimum atomic E-state index is -1.25. The van der Waals surface area contributed by atoms with Crippen LogP contribution in [0.25, 0.3) is 0 Å². The molecule has 0 unspecified atom stereocenters. The highest BCUT2D eigenvalue weighted by Gasteiger charge is 2.51. The molecule has 2 aliphatic heterocycles. The lowest BCUT2D eigenvalue weighted by atomic mass is 9.73. The zero-order valence-corrected chi connectivity index (χ0v) is 8.04. The highest BCUT2D eigenvalue weighted by Crippen LogP contribution is 2.39. The summed E-state index contributed by atoms with van der Waals surface area (Å²) >= 11 is 0. The van der Waals surface area contributed by atoms with E-state index in [0.717, 1.165) is 4.90 Å². The minimum absolute atomic E-state index is 0.251. The molecule has 2 saturated heterocycles. The van der Waals surface area contributed by atoms with Gasteiger partial charge in [0.15, 0.2) is 0 Å². The second kappa shape index (κ2) is 3.37. The molecule has 3 fully saturated rings. The quantitative estimate of drug-likeness (QED) is 0.570. The number of aliphatic carboxylic acids is 1. The van der Waals surface area contributed by atoms with E-state index in [0.29, 0.717) is 19.3 Å². The van der Waals surface area contributed by atoms with E-state index in [9.17, 15) is 14.7 Å². The SMILES string of the molecule is O=C(O)[C@@H]1[C@@H]2CC[C@@H]([C@@H](O)C2)N1C(=O)O. The van der Waals surface area contributed by atoms with Crippen LogP contribution in [0.3, 0.4) is 0 Å². The van der Waals surface area contributed by atoms with Crippen LogP contribution in [0.2, 0.25) is 0 Å². The van der Waals surface area contributed by atoms with Gasteiger partial charge in [0, 0.05) is 0 Å². The molecular formula is C9H13NO5. The first-order chi connectivity index (χ1) is 7.02. The summed E-state index contributed by atoms with van der Waals surface area (Å²) in [5, 5.41) is 27.5. The molecule has 0 aromatic carbocycles. The van der Waals surface area contributed by atoms with Crippen LogP contribution in [-0.4, -0.2) is 50.5 Å². The maximum absolute atomic E-state index is 11.0. The molecule has 1 aliphatic carbocycles. The van der Waals surface area contributed by atoms with E-state index >= 15 is 0 Å². The monoisotopic (exact) mass is 215 g/mol. The van der Waals surface area contributed by atoms with Crippen molar-refractivity contribution < 1.29 is 24.9 Å². The third kappa shape index (κ3) is 1.45. The molecule has 0 aromatic rings. The van der Waals surface area contributed by atoms with Gasteiger partial charge < -0.3 is 15.3 Å². The van der Waals surface area contributed by atoms with Crippen LogP contribution >= 0.6 is 0 Å². The Bertz CT molecular complexity index is 305. The number of rotatable bonds is 1. The first kappa shape index (κ1) is 10.2. The summed E-state index contributed by atoms with van der Waals surface area (Å²) in [6, 6.07) is -1.53. The molecule has 6 heteroatoms. The van der Waals surface area contributed by atoms with Crippen LogP contribution in [-0.2, 0) is 4.79 Å². The maximum atomic E-state index is 11.0. The van der Waals surface area contributed by atoms with Gasteiger partial charge >= 0.3 is 12.1 Å². The summed E-state index contributed by atoms with van der Waals surface area (Å²) < 4.78 is 0. The van der Waals surface area contributed by atoms with Gasteiger partial charge in [-0.1, -0.05) is 0 Å². The number of carboxylic acid groups (broad SMARTS) is 2. The second-order valence-electron chi connectivity index (χ2n) is 4.18. The lowest BCUT2D eigenvalue weighted by molar-refractivity contribution is -0.156. The number of carboxylic acids is 1. The van der Waals surface area contributed by atoms with Crippen molar-refractivity contribution in [3.05, 3.63) is 0 Å². The van der Waals surface area contributed by atoms with Crippen LogP contribution in [0, 0.1) is 5.92 Å². The molecule has 2 bridgehead atoms. The average Bonchev–Trinajstić information content (AvgIpc) is 2.16. The third-order valence-corrected chi connectivity index (χ3v) is 3.40. The molecule has 84 valence electrons. The molecular weight excluding hydrogens is 202 g/mol. The van der Waals surface area contributed by atoms with Gasteiger partial charge in [0.2, 0.25) is 0 Å². The zero-order valence-electron chi connectivity index (χ0n) is 8.04. The Kier molecular flexibility index (Phi) is 2.30. The maximum Gasteiger partial charge on any atom is 0.408 e. The van der Waals surface area contributed by atoms with Crippen LogP contribution < -0.4 is 0 Å². The van der Waals surface area contributed by atoms with Crippen molar-refractivity contribution in [1.82, 2.24) is 4.90 Å². The predicted molar refractivity (Wildman–Crippen MR) is 48.4 cm³/mol. The molecule has 3 N–H and O–H groups in total. The fourth-order valence-corrected chi connectivity index (χ4v) is 2.79. The van der Waals surface area contributed by atoms with Gasteiger partial charge in [-0.3, -0.25) is 4.90 Å². The number of hydrogen-bond acceptors (Lipinski definition) is 3. The number of amides is 1. The smallest absolute Gasteiger partial charge is 0.408 e. The van der Waals surface area contributed by atoms with E-state index in [4.69, 9.17) is 10.2 Å². The Labute approximate surface area is 86.1 Å². The highest BCUT2D eigenvalue weighted by molar-refractivity contribution is 5.80. The number of aliphatic hydroxyl groups excluding tert-OH is 1. The Balaban J connectivity index is 2.31. The van der Waals surface area contributed by atoms with Gasteiger partial charge in [0.25, 0.3) is 0 Å². The van der Waals surface area contributed by atoms with Crippen LogP contribution in [0.5, 0.6) is 0 Å². The Hall–Kier alpha value is -1.30. The molecule has 0 aromatic heterocycles. The van der Waals surface area contributed by atoms with E-state index in [2.05, 4.69) is 0 Å². The molecule has 3 aliphatic rings. The van der Waals surface area contributed by atoms with Crippen molar-refractivity contribution in [1.29, 1.82) is 0 Å². The van der Waals surface area contributed by atoms with Gasteiger partial charge in [-0.05, 0) is 25.2 Å². The summed E-state index contributed by atoms with van der Waals surface area (Å²) in [5.74, 6) is -1.36. The molecule has 6 nitrogen and oxygen atoms in total. The van der Waals surface area contributed by atoms with E-state index in [1.807, 2.05) is 0 Å². The Morgan fingerprint density at radius 1 is 1.20 bits per heavy atom. The number of carbonyl (C=O) groups is 2. The van der Waals surface area contributed by atoms with Crippen molar-refractivity contribution in [3.63, 3.8) is 0 Å². The average molecular weight is 215 g/mol. The number of fused-ring (bicyclic) bond motifs is 3. The fourth-order valence-electron chi connectivity index (χ4n) is 2.79. The summed E-state index contributed by atoms with van der Waals surface area (Å²) in [4.78, 5) is 22.8. The summed E-state index contributed by atoms with van der Waals surface area (Å²) in [6.07, 6.45) is -0.332. The van der Waals surface area contributed by atoms with Crippen molar-refractivity contribution in [2.45, 2.75) is 37.5 Å². The third-order valence-electron chi connectivity index (χ3n) is 3.40. The van der Waals surface area contributed by atoms with Crippen LogP contribution in [0.4, 0.5) is 4.79 Å². The summed E-state index contributed by atoms with van der Waals surface area (Å²) in [7, 11) is 0. The molecule has 0 spiro atoms. The lowest BCUT2D eigenvalue weighted by Gasteiger charge is -2.50. The summed E-state index contributed by atoms with van der Waals surface area (Å²) in [6.45, 7) is 0. The van der Waals surface area contributed by atoms with Gasteiger partial charge in [-0.2, -0.15) is 0 Å². The summed E-state index contributed by atoms with van der Waals surface area (Å²) in [5.41, 5.74) is 0. The molecule has 2 heterocycles. The van der Waals surface area contributed by atoms with Gasteiger partial charge in [0.05, 0.1) is 12.1 Å². The first-order valence-electron chi connectivity index (χ1n) is 4.94. The van der Waals surface area contributed by atoms with Gasteiger partial charge in [-0.15, -0.1) is 0 Å². The van der Waals surface area contributed by atoms with Crippen molar-refractivity contribution in [2.75, 3.05) is 0 Å². The standard InChI is InChI=1S/C9H13NO5/c11-6-3-4-1-2-5(6)10(9(14)15)7(4)8(12)13/h4-7,11H,1-3H2,(H,12,13)(H,14,15)/t4-,5+,6+,7+/m1/s1. The first-order valence-corrected chi connectivity index (χ1v) is 4.94. The van der Waals surface area contributed by atoms with Crippen LogP contribution in [0.15, 0.2) is 0 Å². The lowest BCUT2D eigenvalue weighted by Crippen LogP contribution is -2.65. The molecule has 1 amide bonds. The van der Waals surface area contributed by atoms with Crippen molar-refractivity contribution in [2.24, 2.45) is 5.92 Å². The van der Waals surface area contributed by atoms with E-state index < -0.39 is 30.3 Å².